The molecule has 0 saturated heterocycles. The number of amides is 2. The third kappa shape index (κ3) is 5.90. The van der Waals surface area contributed by atoms with E-state index >= 15 is 0 Å². The Hall–Kier alpha value is -3.23. The molecule has 0 atom stereocenters. The summed E-state index contributed by atoms with van der Waals surface area (Å²) < 4.78 is 5.62. The van der Waals surface area contributed by atoms with Crippen LogP contribution in [0, 0.1) is 18.8 Å². The van der Waals surface area contributed by atoms with Crippen molar-refractivity contribution in [2.24, 2.45) is 0 Å². The second-order valence-corrected chi connectivity index (χ2v) is 6.27. The maximum atomic E-state index is 12.3. The van der Waals surface area contributed by atoms with E-state index in [9.17, 15) is 9.59 Å². The van der Waals surface area contributed by atoms with Crippen molar-refractivity contribution in [1.82, 2.24) is 5.32 Å². The summed E-state index contributed by atoms with van der Waals surface area (Å²) in [7, 11) is 1.52. The first-order valence-corrected chi connectivity index (χ1v) is 8.96. The molecule has 2 N–H and O–H groups in total. The fourth-order valence-corrected chi connectivity index (χ4v) is 2.53. The van der Waals surface area contributed by atoms with Crippen LogP contribution in [-0.4, -0.2) is 25.5 Å². The summed E-state index contributed by atoms with van der Waals surface area (Å²) in [4.78, 5) is 24.2. The van der Waals surface area contributed by atoms with Crippen molar-refractivity contribution >= 4 is 35.2 Å². The molecule has 0 aliphatic rings. The summed E-state index contributed by atoms with van der Waals surface area (Å²) in [6, 6.07) is 10.3. The summed E-state index contributed by atoms with van der Waals surface area (Å²) in [6.45, 7) is 4.00. The average molecular weight is 397 g/mol. The lowest BCUT2D eigenvalue weighted by Crippen LogP contribution is -2.20. The molecule has 2 amide bonds. The van der Waals surface area contributed by atoms with Gasteiger partial charge < -0.3 is 15.4 Å². The standard InChI is InChI=1S/C22H21ClN2O3/c1-4-5-12-28-20-13-16(7-6-15(20)2)8-11-21(26)25-19-14-17(23)9-10-18(19)22(27)24-3/h6-11,13-14H,12H2,1-3H3,(H,24,27)(H,25,26)/b11-8+. The molecular weight excluding hydrogens is 376 g/mol. The highest BCUT2D eigenvalue weighted by atomic mass is 35.5. The van der Waals surface area contributed by atoms with Crippen molar-refractivity contribution in [1.29, 1.82) is 0 Å². The van der Waals surface area contributed by atoms with Gasteiger partial charge >= 0.3 is 0 Å². The van der Waals surface area contributed by atoms with Gasteiger partial charge in [0, 0.05) is 18.1 Å². The molecule has 0 aliphatic carbocycles. The molecule has 2 aromatic rings. The van der Waals surface area contributed by atoms with Crippen LogP contribution in [0.15, 0.2) is 42.5 Å². The normalized spacial score (nSPS) is 10.1. The third-order valence-electron chi connectivity index (χ3n) is 3.83. The summed E-state index contributed by atoms with van der Waals surface area (Å²) in [5, 5.41) is 5.63. The third-order valence-corrected chi connectivity index (χ3v) is 4.06. The van der Waals surface area contributed by atoms with Gasteiger partial charge in [-0.05, 0) is 55.3 Å². The Balaban J connectivity index is 2.14. The van der Waals surface area contributed by atoms with Crippen molar-refractivity contribution in [2.75, 3.05) is 19.0 Å². The van der Waals surface area contributed by atoms with Gasteiger partial charge in [-0.3, -0.25) is 9.59 Å². The lowest BCUT2D eigenvalue weighted by molar-refractivity contribution is -0.111. The minimum Gasteiger partial charge on any atom is -0.481 e. The Morgan fingerprint density at radius 1 is 1.21 bits per heavy atom. The predicted octanol–water partition coefficient (Wildman–Crippen LogP) is 4.06. The van der Waals surface area contributed by atoms with Gasteiger partial charge in [0.2, 0.25) is 5.91 Å². The van der Waals surface area contributed by atoms with Crippen LogP contribution < -0.4 is 15.4 Å². The predicted molar refractivity (Wildman–Crippen MR) is 113 cm³/mol. The monoisotopic (exact) mass is 396 g/mol. The number of carbonyl (C=O) groups is 2. The van der Waals surface area contributed by atoms with E-state index in [4.69, 9.17) is 16.3 Å². The van der Waals surface area contributed by atoms with Crippen LogP contribution >= 0.6 is 11.6 Å². The number of benzene rings is 2. The smallest absolute Gasteiger partial charge is 0.253 e. The number of halogens is 1. The summed E-state index contributed by atoms with van der Waals surface area (Å²) in [5.41, 5.74) is 2.45. The molecule has 0 aromatic heterocycles. The van der Waals surface area contributed by atoms with Crippen LogP contribution in [0.1, 0.15) is 28.4 Å². The first-order valence-electron chi connectivity index (χ1n) is 8.58. The molecule has 0 unspecified atom stereocenters. The summed E-state index contributed by atoms with van der Waals surface area (Å²) >= 11 is 5.98. The van der Waals surface area contributed by atoms with E-state index in [1.165, 1.54) is 19.2 Å². The SMILES string of the molecule is CC#CCOc1cc(/C=C/C(=O)Nc2cc(Cl)ccc2C(=O)NC)ccc1C. The Kier molecular flexibility index (Phi) is 7.67. The van der Waals surface area contributed by atoms with Crippen LogP contribution in [0.25, 0.3) is 6.08 Å². The average Bonchev–Trinajstić information content (AvgIpc) is 2.68. The zero-order valence-corrected chi connectivity index (χ0v) is 16.7. The Labute approximate surface area is 169 Å². The number of carbonyl (C=O) groups excluding carboxylic acids is 2. The summed E-state index contributed by atoms with van der Waals surface area (Å²) in [6.07, 6.45) is 3.05. The van der Waals surface area contributed by atoms with Crippen LogP contribution in [0.4, 0.5) is 5.69 Å². The van der Waals surface area contributed by atoms with E-state index in [-0.39, 0.29) is 11.8 Å². The molecule has 0 bridgehead atoms. The second kappa shape index (κ2) is 10.2. The van der Waals surface area contributed by atoms with E-state index in [1.54, 1.807) is 25.1 Å². The fourth-order valence-electron chi connectivity index (χ4n) is 2.36. The van der Waals surface area contributed by atoms with Crippen molar-refractivity contribution in [3.05, 3.63) is 64.2 Å². The number of rotatable bonds is 6. The second-order valence-electron chi connectivity index (χ2n) is 5.83. The van der Waals surface area contributed by atoms with Crippen molar-refractivity contribution in [2.45, 2.75) is 13.8 Å². The van der Waals surface area contributed by atoms with Gasteiger partial charge in [-0.15, -0.1) is 5.92 Å². The quantitative estimate of drug-likeness (QED) is 0.571. The number of nitrogens with one attached hydrogen (secondary N) is 2. The Bertz CT molecular complexity index is 971. The van der Waals surface area contributed by atoms with Crippen molar-refractivity contribution < 1.29 is 14.3 Å². The zero-order chi connectivity index (χ0) is 20.5. The highest BCUT2D eigenvalue weighted by Gasteiger charge is 2.12. The molecule has 0 aliphatic heterocycles. The van der Waals surface area contributed by atoms with E-state index in [2.05, 4.69) is 22.5 Å². The molecule has 0 spiro atoms. The molecule has 0 fully saturated rings. The van der Waals surface area contributed by atoms with E-state index < -0.39 is 0 Å². The lowest BCUT2D eigenvalue weighted by atomic mass is 10.1. The first kappa shape index (κ1) is 21.1. The molecule has 144 valence electrons. The number of hydrogen-bond donors (Lipinski definition) is 2. The minimum atomic E-state index is -0.382. The van der Waals surface area contributed by atoms with Gasteiger partial charge in [0.15, 0.2) is 0 Å². The number of hydrogen-bond acceptors (Lipinski definition) is 3. The summed E-state index contributed by atoms with van der Waals surface area (Å²) in [5.74, 6) is 5.64. The largest absolute Gasteiger partial charge is 0.481 e. The molecular formula is C22H21ClN2O3. The van der Waals surface area contributed by atoms with E-state index in [0.29, 0.717) is 28.6 Å². The first-order chi connectivity index (χ1) is 13.4. The molecule has 5 nitrogen and oxygen atoms in total. The molecule has 0 saturated carbocycles. The van der Waals surface area contributed by atoms with Gasteiger partial charge in [0.25, 0.3) is 5.91 Å². The highest BCUT2D eigenvalue weighted by molar-refractivity contribution is 6.31. The maximum Gasteiger partial charge on any atom is 0.253 e. The van der Waals surface area contributed by atoms with Gasteiger partial charge in [-0.1, -0.05) is 29.7 Å². The van der Waals surface area contributed by atoms with E-state index in [1.807, 2.05) is 25.1 Å². The van der Waals surface area contributed by atoms with Gasteiger partial charge in [-0.25, -0.2) is 0 Å². The molecule has 2 aromatic carbocycles. The zero-order valence-electron chi connectivity index (χ0n) is 15.9. The topological polar surface area (TPSA) is 67.4 Å². The Morgan fingerprint density at radius 3 is 2.71 bits per heavy atom. The molecule has 0 heterocycles. The van der Waals surface area contributed by atoms with Crippen LogP contribution in [0.2, 0.25) is 5.02 Å². The molecule has 28 heavy (non-hydrogen) atoms. The molecule has 0 radical (unpaired) electrons. The van der Waals surface area contributed by atoms with Gasteiger partial charge in [0.05, 0.1) is 11.3 Å². The van der Waals surface area contributed by atoms with Crippen molar-refractivity contribution in [3.63, 3.8) is 0 Å². The fraction of sp³-hybridized carbons (Fsp3) is 0.182. The number of aryl methyl sites for hydroxylation is 1. The van der Waals surface area contributed by atoms with Gasteiger partial charge in [0.1, 0.15) is 12.4 Å². The van der Waals surface area contributed by atoms with Crippen LogP contribution in [0.5, 0.6) is 5.75 Å². The van der Waals surface area contributed by atoms with Crippen LogP contribution in [-0.2, 0) is 4.79 Å². The minimum absolute atomic E-state index is 0.308. The highest BCUT2D eigenvalue weighted by Crippen LogP contribution is 2.22. The maximum absolute atomic E-state index is 12.3. The van der Waals surface area contributed by atoms with Gasteiger partial charge in [-0.2, -0.15) is 0 Å². The van der Waals surface area contributed by atoms with E-state index in [0.717, 1.165) is 11.1 Å². The lowest BCUT2D eigenvalue weighted by Gasteiger charge is -2.09. The Morgan fingerprint density at radius 2 is 2.00 bits per heavy atom. The number of anilines is 1. The van der Waals surface area contributed by atoms with Crippen molar-refractivity contribution in [3.8, 4) is 17.6 Å². The molecule has 2 rings (SSSR count). The molecule has 6 heteroatoms. The number of ether oxygens (including phenoxy) is 1. The van der Waals surface area contributed by atoms with Crippen LogP contribution in [0.3, 0.4) is 0 Å².